The predicted octanol–water partition coefficient (Wildman–Crippen LogP) is 2.50. The molecule has 23 heavy (non-hydrogen) atoms. The first kappa shape index (κ1) is 16.4. The smallest absolute Gasteiger partial charge is 0.337 e. The lowest BCUT2D eigenvalue weighted by Gasteiger charge is -2.08. The van der Waals surface area contributed by atoms with Gasteiger partial charge in [-0.25, -0.2) is 4.79 Å². The van der Waals surface area contributed by atoms with E-state index in [0.29, 0.717) is 11.3 Å². The first-order valence-corrected chi connectivity index (χ1v) is 7.07. The predicted molar refractivity (Wildman–Crippen MR) is 92.8 cm³/mol. The van der Waals surface area contributed by atoms with E-state index in [4.69, 9.17) is 12.2 Å². The minimum atomic E-state index is -0.419. The highest BCUT2D eigenvalue weighted by Gasteiger charge is 2.06. The van der Waals surface area contributed by atoms with E-state index in [9.17, 15) is 9.90 Å². The van der Waals surface area contributed by atoms with Crippen LogP contribution < -0.4 is 10.7 Å². The second kappa shape index (κ2) is 7.90. The zero-order chi connectivity index (χ0) is 16.7. The van der Waals surface area contributed by atoms with Gasteiger partial charge >= 0.3 is 5.97 Å². The van der Waals surface area contributed by atoms with Crippen molar-refractivity contribution in [2.75, 3.05) is 12.4 Å². The van der Waals surface area contributed by atoms with E-state index in [1.54, 1.807) is 54.7 Å². The van der Waals surface area contributed by atoms with Crippen LogP contribution in [0.4, 0.5) is 5.69 Å². The van der Waals surface area contributed by atoms with Gasteiger partial charge in [0.05, 0.1) is 18.9 Å². The Hall–Kier alpha value is -2.93. The molecule has 2 rings (SSSR count). The summed E-state index contributed by atoms with van der Waals surface area (Å²) in [6.45, 7) is 0. The summed E-state index contributed by atoms with van der Waals surface area (Å²) in [6, 6.07) is 13.3. The normalized spacial score (nSPS) is 10.3. The van der Waals surface area contributed by atoms with Gasteiger partial charge in [0.15, 0.2) is 5.11 Å². The maximum atomic E-state index is 11.5. The second-order valence-corrected chi connectivity index (χ2v) is 4.90. The molecule has 7 heteroatoms. The van der Waals surface area contributed by atoms with Crippen molar-refractivity contribution in [3.63, 3.8) is 0 Å². The van der Waals surface area contributed by atoms with Crippen LogP contribution in [0.15, 0.2) is 53.6 Å². The van der Waals surface area contributed by atoms with Crippen molar-refractivity contribution >= 4 is 35.2 Å². The molecular formula is C16H15N3O3S. The molecule has 0 amide bonds. The van der Waals surface area contributed by atoms with Gasteiger partial charge in [0.25, 0.3) is 0 Å². The summed E-state index contributed by atoms with van der Waals surface area (Å²) in [7, 11) is 1.33. The number of esters is 1. The number of carbonyl (C=O) groups is 1. The summed E-state index contributed by atoms with van der Waals surface area (Å²) in [6.07, 6.45) is 1.57. The monoisotopic (exact) mass is 329 g/mol. The Kier molecular flexibility index (Phi) is 5.65. The first-order chi connectivity index (χ1) is 11.1. The molecule has 6 nitrogen and oxygen atoms in total. The molecular weight excluding hydrogens is 314 g/mol. The highest BCUT2D eigenvalue weighted by Crippen LogP contribution is 2.11. The van der Waals surface area contributed by atoms with Crippen LogP contribution in [0.3, 0.4) is 0 Å². The number of ether oxygens (including phenoxy) is 1. The first-order valence-electron chi connectivity index (χ1n) is 6.66. The molecule has 0 atom stereocenters. The zero-order valence-corrected chi connectivity index (χ0v) is 13.1. The minimum absolute atomic E-state index is 0.192. The van der Waals surface area contributed by atoms with Gasteiger partial charge in [-0.1, -0.05) is 6.07 Å². The van der Waals surface area contributed by atoms with Crippen LogP contribution in [0.2, 0.25) is 0 Å². The van der Waals surface area contributed by atoms with E-state index in [0.717, 1.165) is 5.56 Å². The largest absolute Gasteiger partial charge is 0.508 e. The van der Waals surface area contributed by atoms with Crippen molar-refractivity contribution in [2.24, 2.45) is 5.10 Å². The number of anilines is 1. The van der Waals surface area contributed by atoms with Crippen LogP contribution in [0, 0.1) is 0 Å². The molecule has 2 aromatic rings. The average Bonchev–Trinajstić information content (AvgIpc) is 2.56. The highest BCUT2D eigenvalue weighted by atomic mass is 32.1. The summed E-state index contributed by atoms with van der Waals surface area (Å²) in [5, 5.41) is 16.4. The molecule has 0 heterocycles. The maximum absolute atomic E-state index is 11.5. The number of hydrogen-bond acceptors (Lipinski definition) is 5. The molecule has 0 saturated carbocycles. The third-order valence-corrected chi connectivity index (χ3v) is 3.01. The zero-order valence-electron chi connectivity index (χ0n) is 12.3. The summed E-state index contributed by atoms with van der Waals surface area (Å²) in [5.74, 6) is -0.226. The third kappa shape index (κ3) is 5.08. The summed E-state index contributed by atoms with van der Waals surface area (Å²) in [4.78, 5) is 11.5. The van der Waals surface area contributed by atoms with E-state index < -0.39 is 5.97 Å². The Labute approximate surface area is 138 Å². The number of nitrogens with one attached hydrogen (secondary N) is 2. The Morgan fingerprint density at radius 3 is 2.70 bits per heavy atom. The lowest BCUT2D eigenvalue weighted by Crippen LogP contribution is -2.24. The van der Waals surface area contributed by atoms with Crippen molar-refractivity contribution in [3.8, 4) is 5.75 Å². The van der Waals surface area contributed by atoms with Gasteiger partial charge < -0.3 is 15.2 Å². The van der Waals surface area contributed by atoms with Gasteiger partial charge in [0, 0.05) is 5.69 Å². The molecule has 0 aliphatic heterocycles. The molecule has 2 aromatic carbocycles. The molecule has 118 valence electrons. The molecule has 0 unspecified atom stereocenters. The van der Waals surface area contributed by atoms with E-state index in [1.807, 2.05) is 0 Å². The number of nitrogens with zero attached hydrogens (tertiary/aromatic N) is 1. The van der Waals surface area contributed by atoms with Crippen LogP contribution in [0.1, 0.15) is 15.9 Å². The van der Waals surface area contributed by atoms with Crippen LogP contribution in [-0.4, -0.2) is 29.5 Å². The second-order valence-electron chi connectivity index (χ2n) is 4.49. The van der Waals surface area contributed by atoms with E-state index in [2.05, 4.69) is 20.6 Å². The summed E-state index contributed by atoms with van der Waals surface area (Å²) in [5.41, 5.74) is 4.55. The van der Waals surface area contributed by atoms with Gasteiger partial charge in [-0.15, -0.1) is 0 Å². The number of phenols is 1. The fraction of sp³-hybridized carbons (Fsp3) is 0.0625. The lowest BCUT2D eigenvalue weighted by molar-refractivity contribution is 0.0601. The average molecular weight is 329 g/mol. The molecule has 0 aromatic heterocycles. The molecule has 3 N–H and O–H groups in total. The number of methoxy groups -OCH3 is 1. The molecule has 0 aliphatic carbocycles. The topological polar surface area (TPSA) is 83.0 Å². The lowest BCUT2D eigenvalue weighted by atomic mass is 10.2. The highest BCUT2D eigenvalue weighted by molar-refractivity contribution is 7.80. The maximum Gasteiger partial charge on any atom is 0.337 e. The van der Waals surface area contributed by atoms with Crippen LogP contribution in [-0.2, 0) is 4.74 Å². The van der Waals surface area contributed by atoms with Crippen molar-refractivity contribution in [1.82, 2.24) is 5.43 Å². The molecule has 0 saturated heterocycles. The number of carbonyl (C=O) groups excluding carboxylic acids is 1. The Bertz CT molecular complexity index is 730. The molecule has 0 bridgehead atoms. The van der Waals surface area contributed by atoms with Gasteiger partial charge in [-0.05, 0) is 60.2 Å². The van der Waals surface area contributed by atoms with Crippen LogP contribution >= 0.6 is 12.2 Å². The number of hydrazone groups is 1. The Balaban J connectivity index is 1.92. The summed E-state index contributed by atoms with van der Waals surface area (Å²) < 4.78 is 4.66. The van der Waals surface area contributed by atoms with E-state index in [1.165, 1.54) is 7.11 Å². The molecule has 0 radical (unpaired) electrons. The van der Waals surface area contributed by atoms with E-state index in [-0.39, 0.29) is 10.9 Å². The number of benzene rings is 2. The van der Waals surface area contributed by atoms with Crippen LogP contribution in [0.5, 0.6) is 5.75 Å². The fourth-order valence-electron chi connectivity index (χ4n) is 1.73. The Morgan fingerprint density at radius 2 is 2.00 bits per heavy atom. The van der Waals surface area contributed by atoms with E-state index >= 15 is 0 Å². The quantitative estimate of drug-likeness (QED) is 0.346. The fourth-order valence-corrected chi connectivity index (χ4v) is 1.90. The van der Waals surface area contributed by atoms with Gasteiger partial charge in [-0.2, -0.15) is 5.10 Å². The van der Waals surface area contributed by atoms with Crippen molar-refractivity contribution in [3.05, 3.63) is 59.7 Å². The van der Waals surface area contributed by atoms with Crippen molar-refractivity contribution in [2.45, 2.75) is 0 Å². The summed E-state index contributed by atoms with van der Waals surface area (Å²) >= 11 is 5.12. The van der Waals surface area contributed by atoms with Crippen molar-refractivity contribution in [1.29, 1.82) is 0 Å². The van der Waals surface area contributed by atoms with Crippen LogP contribution in [0.25, 0.3) is 0 Å². The molecule has 0 aliphatic rings. The number of thiocarbonyl (C=S) groups is 1. The van der Waals surface area contributed by atoms with Gasteiger partial charge in [0.2, 0.25) is 0 Å². The van der Waals surface area contributed by atoms with Crippen molar-refractivity contribution < 1.29 is 14.6 Å². The number of aromatic hydroxyl groups is 1. The van der Waals surface area contributed by atoms with Gasteiger partial charge in [-0.3, -0.25) is 5.43 Å². The number of rotatable bonds is 4. The number of phenolic OH excluding ortho intramolecular Hbond substituents is 1. The third-order valence-electron chi connectivity index (χ3n) is 2.81. The Morgan fingerprint density at radius 1 is 1.26 bits per heavy atom. The molecule has 0 fully saturated rings. The molecule has 0 spiro atoms. The minimum Gasteiger partial charge on any atom is -0.508 e. The van der Waals surface area contributed by atoms with Gasteiger partial charge in [0.1, 0.15) is 5.75 Å². The number of hydrogen-bond donors (Lipinski definition) is 3. The SMILES string of the molecule is COC(=O)c1cccc(NC(=S)N/N=C/c2ccc(O)cc2)c1. The standard InChI is InChI=1S/C16H15N3O3S/c1-22-15(21)12-3-2-4-13(9-12)18-16(23)19-17-10-11-5-7-14(20)8-6-11/h2-10,20H,1H3,(H2,18,19,23)/b17-10+.